The first-order chi connectivity index (χ1) is 9.93. The van der Waals surface area contributed by atoms with Gasteiger partial charge in [-0.25, -0.2) is 0 Å². The third-order valence-electron chi connectivity index (χ3n) is 4.39. The van der Waals surface area contributed by atoms with E-state index < -0.39 is 10.3 Å². The van der Waals surface area contributed by atoms with E-state index in [-0.39, 0.29) is 17.6 Å². The second kappa shape index (κ2) is 6.22. The molecule has 2 rings (SSSR count). The second-order valence-corrected chi connectivity index (χ2v) is 5.85. The smallest absolute Gasteiger partial charge is 0.269 e. The quantitative estimate of drug-likeness (QED) is 0.638. The minimum Gasteiger partial charge on any atom is -0.355 e. The van der Waals surface area contributed by atoms with Crippen molar-refractivity contribution in [1.82, 2.24) is 5.32 Å². The van der Waals surface area contributed by atoms with Gasteiger partial charge >= 0.3 is 0 Å². The van der Waals surface area contributed by atoms with Crippen LogP contribution in [0.1, 0.15) is 31.7 Å². The van der Waals surface area contributed by atoms with Crippen molar-refractivity contribution in [2.45, 2.75) is 38.6 Å². The van der Waals surface area contributed by atoms with Crippen molar-refractivity contribution >= 4 is 11.6 Å². The molecular weight excluding hydrogens is 270 g/mol. The van der Waals surface area contributed by atoms with E-state index in [9.17, 15) is 14.9 Å². The minimum atomic E-state index is -0.463. The molecule has 1 aromatic carbocycles. The number of hydrogen-bond donors (Lipinski definition) is 2. The number of nitrogens with zero attached hydrogens (tertiary/aromatic N) is 1. The maximum absolute atomic E-state index is 12.2. The van der Waals surface area contributed by atoms with Crippen molar-refractivity contribution in [2.24, 2.45) is 11.1 Å². The molecule has 0 bridgehead atoms. The van der Waals surface area contributed by atoms with Crippen molar-refractivity contribution in [3.05, 3.63) is 39.9 Å². The van der Waals surface area contributed by atoms with E-state index in [0.717, 1.165) is 24.8 Å². The number of rotatable bonds is 5. The molecule has 1 saturated carbocycles. The number of benzene rings is 1. The van der Waals surface area contributed by atoms with Crippen LogP contribution in [0, 0.1) is 15.5 Å². The lowest BCUT2D eigenvalue weighted by Crippen LogP contribution is -2.47. The summed E-state index contributed by atoms with van der Waals surface area (Å²) >= 11 is 0. The molecule has 3 N–H and O–H groups in total. The topological polar surface area (TPSA) is 98.3 Å². The van der Waals surface area contributed by atoms with Crippen LogP contribution in [0.5, 0.6) is 0 Å². The van der Waals surface area contributed by atoms with Gasteiger partial charge in [-0.3, -0.25) is 14.9 Å². The van der Waals surface area contributed by atoms with Gasteiger partial charge in [0, 0.05) is 24.7 Å². The number of nitrogens with one attached hydrogen (secondary N) is 1. The average molecular weight is 291 g/mol. The largest absolute Gasteiger partial charge is 0.355 e. The molecule has 1 aromatic rings. The Hall–Kier alpha value is -1.95. The second-order valence-electron chi connectivity index (χ2n) is 5.85. The number of carbonyl (C=O) groups excluding carboxylic acids is 1. The standard InChI is InChI=1S/C15H21N3O3/c1-15(9-2-3-13(15)16)14(19)17-10-8-11-4-6-12(7-5-11)18(20)21/h4-7,13H,2-3,8-10,16H2,1H3,(H,17,19). The summed E-state index contributed by atoms with van der Waals surface area (Å²) < 4.78 is 0. The Balaban J connectivity index is 1.84. The van der Waals surface area contributed by atoms with Gasteiger partial charge in [0.1, 0.15) is 0 Å². The Kier molecular flexibility index (Phi) is 4.57. The Bertz CT molecular complexity index is 529. The molecular formula is C15H21N3O3. The van der Waals surface area contributed by atoms with E-state index >= 15 is 0 Å². The SMILES string of the molecule is CC1(C(=O)NCCc2ccc([N+](=O)[O-])cc2)CCCC1N. The molecule has 0 spiro atoms. The molecule has 1 aliphatic rings. The molecule has 6 heteroatoms. The number of nitrogens with two attached hydrogens (primary N) is 1. The molecule has 0 saturated heterocycles. The van der Waals surface area contributed by atoms with Crippen LogP contribution >= 0.6 is 0 Å². The molecule has 6 nitrogen and oxygen atoms in total. The van der Waals surface area contributed by atoms with Crippen molar-refractivity contribution in [3.8, 4) is 0 Å². The highest BCUT2D eigenvalue weighted by molar-refractivity contribution is 5.83. The fraction of sp³-hybridized carbons (Fsp3) is 0.533. The third-order valence-corrected chi connectivity index (χ3v) is 4.39. The van der Waals surface area contributed by atoms with Gasteiger partial charge in [-0.1, -0.05) is 18.6 Å². The minimum absolute atomic E-state index is 0.00871. The zero-order chi connectivity index (χ0) is 15.5. The maximum Gasteiger partial charge on any atom is 0.269 e. The summed E-state index contributed by atoms with van der Waals surface area (Å²) in [6, 6.07) is 6.31. The van der Waals surface area contributed by atoms with E-state index in [4.69, 9.17) is 5.73 Å². The first-order valence-electron chi connectivity index (χ1n) is 7.21. The number of carbonyl (C=O) groups is 1. The van der Waals surface area contributed by atoms with Gasteiger partial charge in [-0.05, 0) is 31.7 Å². The van der Waals surface area contributed by atoms with Crippen LogP contribution in [0.2, 0.25) is 0 Å². The van der Waals surface area contributed by atoms with E-state index in [1.54, 1.807) is 12.1 Å². The number of nitro benzene ring substituents is 1. The van der Waals surface area contributed by atoms with Crippen LogP contribution in [0.4, 0.5) is 5.69 Å². The lowest BCUT2D eigenvalue weighted by molar-refractivity contribution is -0.384. The van der Waals surface area contributed by atoms with E-state index in [1.165, 1.54) is 12.1 Å². The number of nitro groups is 1. The van der Waals surface area contributed by atoms with Gasteiger partial charge in [0.2, 0.25) is 5.91 Å². The number of amides is 1. The summed E-state index contributed by atoms with van der Waals surface area (Å²) in [7, 11) is 0. The maximum atomic E-state index is 12.2. The summed E-state index contributed by atoms with van der Waals surface area (Å²) in [4.78, 5) is 22.4. The molecule has 0 radical (unpaired) electrons. The van der Waals surface area contributed by atoms with E-state index in [2.05, 4.69) is 5.32 Å². The summed E-state index contributed by atoms with van der Waals surface area (Å²) in [6.45, 7) is 2.44. The first-order valence-corrected chi connectivity index (χ1v) is 7.21. The predicted octanol–water partition coefficient (Wildman–Crippen LogP) is 1.77. The van der Waals surface area contributed by atoms with Gasteiger partial charge in [-0.2, -0.15) is 0 Å². The number of hydrogen-bond acceptors (Lipinski definition) is 4. The molecule has 2 unspecified atom stereocenters. The Morgan fingerprint density at radius 1 is 1.48 bits per heavy atom. The van der Waals surface area contributed by atoms with Crippen LogP contribution < -0.4 is 11.1 Å². The highest BCUT2D eigenvalue weighted by atomic mass is 16.6. The molecule has 2 atom stereocenters. The predicted molar refractivity (Wildman–Crippen MR) is 79.7 cm³/mol. The summed E-state index contributed by atoms with van der Waals surface area (Å²) in [5.41, 5.74) is 6.59. The lowest BCUT2D eigenvalue weighted by atomic mass is 9.84. The average Bonchev–Trinajstić information content (AvgIpc) is 2.80. The van der Waals surface area contributed by atoms with Gasteiger partial charge in [-0.15, -0.1) is 0 Å². The molecule has 1 aliphatic carbocycles. The highest BCUT2D eigenvalue weighted by Gasteiger charge is 2.42. The van der Waals surface area contributed by atoms with Gasteiger partial charge in [0.15, 0.2) is 0 Å². The van der Waals surface area contributed by atoms with E-state index in [1.807, 2.05) is 6.92 Å². The lowest BCUT2D eigenvalue weighted by Gasteiger charge is -2.27. The molecule has 1 amide bonds. The van der Waals surface area contributed by atoms with Crippen molar-refractivity contribution in [1.29, 1.82) is 0 Å². The van der Waals surface area contributed by atoms with Crippen molar-refractivity contribution in [3.63, 3.8) is 0 Å². The normalized spacial score (nSPS) is 24.8. The fourth-order valence-corrected chi connectivity index (χ4v) is 2.78. The summed E-state index contributed by atoms with van der Waals surface area (Å²) in [6.07, 6.45) is 3.37. The zero-order valence-electron chi connectivity index (χ0n) is 12.2. The third kappa shape index (κ3) is 3.39. The molecule has 1 fully saturated rings. The van der Waals surface area contributed by atoms with Crippen molar-refractivity contribution < 1.29 is 9.72 Å². The highest BCUT2D eigenvalue weighted by Crippen LogP contribution is 2.36. The van der Waals surface area contributed by atoms with E-state index in [0.29, 0.717) is 13.0 Å². The first kappa shape index (κ1) is 15.4. The summed E-state index contributed by atoms with van der Waals surface area (Å²) in [5, 5.41) is 13.5. The fourth-order valence-electron chi connectivity index (χ4n) is 2.78. The Labute approximate surface area is 123 Å². The molecule has 114 valence electrons. The summed E-state index contributed by atoms with van der Waals surface area (Å²) in [5.74, 6) is 0.00871. The van der Waals surface area contributed by atoms with Gasteiger partial charge < -0.3 is 11.1 Å². The van der Waals surface area contributed by atoms with Crippen LogP contribution in [-0.2, 0) is 11.2 Å². The Morgan fingerprint density at radius 2 is 2.14 bits per heavy atom. The van der Waals surface area contributed by atoms with Crippen LogP contribution in [0.15, 0.2) is 24.3 Å². The van der Waals surface area contributed by atoms with Gasteiger partial charge in [0.05, 0.1) is 10.3 Å². The zero-order valence-corrected chi connectivity index (χ0v) is 12.2. The Morgan fingerprint density at radius 3 is 2.67 bits per heavy atom. The molecule has 21 heavy (non-hydrogen) atoms. The monoisotopic (exact) mass is 291 g/mol. The molecule has 0 aliphatic heterocycles. The van der Waals surface area contributed by atoms with Gasteiger partial charge in [0.25, 0.3) is 5.69 Å². The molecule has 0 aromatic heterocycles. The van der Waals surface area contributed by atoms with Crippen LogP contribution in [0.25, 0.3) is 0 Å². The van der Waals surface area contributed by atoms with Crippen LogP contribution in [0.3, 0.4) is 0 Å². The number of non-ortho nitro benzene ring substituents is 1. The van der Waals surface area contributed by atoms with Crippen LogP contribution in [-0.4, -0.2) is 23.4 Å². The van der Waals surface area contributed by atoms with Crippen molar-refractivity contribution in [2.75, 3.05) is 6.54 Å². The molecule has 0 heterocycles.